The van der Waals surface area contributed by atoms with Crippen molar-refractivity contribution in [2.24, 2.45) is 11.8 Å². The van der Waals surface area contributed by atoms with Crippen LogP contribution in [0.1, 0.15) is 36.1 Å². The molecule has 2 saturated heterocycles. The fourth-order valence-corrected chi connectivity index (χ4v) is 5.31. The third kappa shape index (κ3) is 6.53. The van der Waals surface area contributed by atoms with Crippen molar-refractivity contribution in [2.75, 3.05) is 32.7 Å². The molecule has 32 heavy (non-hydrogen) atoms. The van der Waals surface area contributed by atoms with Crippen LogP contribution in [0, 0.1) is 11.8 Å². The summed E-state index contributed by atoms with van der Waals surface area (Å²) in [5, 5.41) is 5.34. The Morgan fingerprint density at radius 3 is 2.41 bits per heavy atom. The van der Waals surface area contributed by atoms with E-state index in [0.717, 1.165) is 57.4 Å². The van der Waals surface area contributed by atoms with Gasteiger partial charge in [-0.15, -0.1) is 11.3 Å². The quantitative estimate of drug-likeness (QED) is 0.647. The molecule has 2 amide bonds. The Morgan fingerprint density at radius 2 is 1.72 bits per heavy atom. The molecule has 0 radical (unpaired) electrons. The van der Waals surface area contributed by atoms with E-state index in [1.54, 1.807) is 6.08 Å². The van der Waals surface area contributed by atoms with Gasteiger partial charge in [0.25, 0.3) is 0 Å². The minimum absolute atomic E-state index is 0.0241. The zero-order valence-corrected chi connectivity index (χ0v) is 19.4. The molecular formula is C26H33N3O2S. The molecule has 0 bridgehead atoms. The molecule has 6 heteroatoms. The summed E-state index contributed by atoms with van der Waals surface area (Å²) in [7, 11) is 0. The van der Waals surface area contributed by atoms with E-state index in [4.69, 9.17) is 0 Å². The van der Waals surface area contributed by atoms with Crippen molar-refractivity contribution in [2.45, 2.75) is 32.2 Å². The topological polar surface area (TPSA) is 52.7 Å². The lowest BCUT2D eigenvalue weighted by Crippen LogP contribution is -2.44. The highest BCUT2D eigenvalue weighted by Gasteiger charge is 2.27. The van der Waals surface area contributed by atoms with E-state index in [1.165, 1.54) is 4.88 Å². The lowest BCUT2D eigenvalue weighted by atomic mass is 9.94. The van der Waals surface area contributed by atoms with Crippen LogP contribution in [0.4, 0.5) is 0 Å². The molecule has 2 aromatic rings. The van der Waals surface area contributed by atoms with E-state index >= 15 is 0 Å². The van der Waals surface area contributed by atoms with Gasteiger partial charge in [-0.1, -0.05) is 36.4 Å². The van der Waals surface area contributed by atoms with Gasteiger partial charge in [0.1, 0.15) is 0 Å². The van der Waals surface area contributed by atoms with Crippen molar-refractivity contribution in [3.63, 3.8) is 0 Å². The first kappa shape index (κ1) is 22.7. The van der Waals surface area contributed by atoms with Gasteiger partial charge in [-0.3, -0.25) is 14.5 Å². The summed E-state index contributed by atoms with van der Waals surface area (Å²) in [5.41, 5.74) is 1.02. The first-order chi connectivity index (χ1) is 15.7. The van der Waals surface area contributed by atoms with Crippen molar-refractivity contribution < 1.29 is 9.59 Å². The van der Waals surface area contributed by atoms with Gasteiger partial charge in [0.05, 0.1) is 0 Å². The molecule has 0 spiro atoms. The standard InChI is InChI=1S/C26H33N3O2S/c30-25(9-8-21-5-2-1-3-6-21)29-16-12-23(13-17-29)26(31)27-19-22-10-14-28(15-11-22)20-24-7-4-18-32-24/h1-9,18,22-23H,10-17,19-20H2,(H,27,31)/b9-8+. The van der Waals surface area contributed by atoms with Crippen LogP contribution < -0.4 is 5.32 Å². The van der Waals surface area contributed by atoms with Crippen LogP contribution in [0.5, 0.6) is 0 Å². The fraction of sp³-hybridized carbons (Fsp3) is 0.462. The summed E-state index contributed by atoms with van der Waals surface area (Å²) in [6.07, 6.45) is 7.28. The Balaban J connectivity index is 1.13. The number of benzene rings is 1. The van der Waals surface area contributed by atoms with Gasteiger partial charge in [-0.05, 0) is 67.8 Å². The summed E-state index contributed by atoms with van der Waals surface area (Å²) in [5.74, 6) is 0.791. The number of hydrogen-bond donors (Lipinski definition) is 1. The van der Waals surface area contributed by atoms with E-state index in [2.05, 4.69) is 27.7 Å². The highest BCUT2D eigenvalue weighted by molar-refractivity contribution is 7.09. The molecule has 0 atom stereocenters. The third-order valence-electron chi connectivity index (χ3n) is 6.63. The predicted molar refractivity (Wildman–Crippen MR) is 130 cm³/mol. The van der Waals surface area contributed by atoms with Crippen molar-refractivity contribution in [3.8, 4) is 0 Å². The molecule has 1 N–H and O–H groups in total. The highest BCUT2D eigenvalue weighted by Crippen LogP contribution is 2.21. The predicted octanol–water partition coefficient (Wildman–Crippen LogP) is 4.03. The Labute approximate surface area is 195 Å². The number of carbonyl (C=O) groups excluding carboxylic acids is 2. The maximum Gasteiger partial charge on any atom is 0.246 e. The number of rotatable bonds is 7. The Kier molecular flexibility index (Phi) is 8.13. The maximum absolute atomic E-state index is 12.7. The second-order valence-corrected chi connectivity index (χ2v) is 9.92. The number of amides is 2. The SMILES string of the molecule is O=C(NCC1CCN(Cc2cccs2)CC1)C1CCN(C(=O)/C=C/c2ccccc2)CC1. The second-order valence-electron chi connectivity index (χ2n) is 8.89. The van der Waals surface area contributed by atoms with Crippen molar-refractivity contribution in [3.05, 3.63) is 64.4 Å². The zero-order chi connectivity index (χ0) is 22.2. The number of carbonyl (C=O) groups is 2. The van der Waals surface area contributed by atoms with Gasteiger partial charge in [0.15, 0.2) is 0 Å². The summed E-state index contributed by atoms with van der Waals surface area (Å²) in [6, 6.07) is 14.2. The molecule has 2 aliphatic heterocycles. The molecular weight excluding hydrogens is 418 g/mol. The molecule has 0 saturated carbocycles. The van der Waals surface area contributed by atoms with E-state index in [-0.39, 0.29) is 17.7 Å². The smallest absolute Gasteiger partial charge is 0.246 e. The number of thiophene rings is 1. The highest BCUT2D eigenvalue weighted by atomic mass is 32.1. The average Bonchev–Trinajstić information content (AvgIpc) is 3.36. The van der Waals surface area contributed by atoms with Crippen LogP contribution in [-0.4, -0.2) is 54.3 Å². The van der Waals surface area contributed by atoms with E-state index < -0.39 is 0 Å². The maximum atomic E-state index is 12.7. The van der Waals surface area contributed by atoms with Gasteiger partial charge >= 0.3 is 0 Å². The monoisotopic (exact) mass is 451 g/mol. The van der Waals surface area contributed by atoms with Crippen LogP contribution in [-0.2, 0) is 16.1 Å². The third-order valence-corrected chi connectivity index (χ3v) is 7.49. The van der Waals surface area contributed by atoms with Gasteiger partial charge < -0.3 is 10.2 Å². The molecule has 3 heterocycles. The number of nitrogens with zero attached hydrogens (tertiary/aromatic N) is 2. The Hall–Kier alpha value is -2.44. The fourth-order valence-electron chi connectivity index (χ4n) is 4.56. The number of piperidine rings is 2. The van der Waals surface area contributed by atoms with Crippen molar-refractivity contribution in [1.29, 1.82) is 0 Å². The number of likely N-dealkylation sites (tertiary alicyclic amines) is 2. The van der Waals surface area contributed by atoms with Gasteiger partial charge in [-0.2, -0.15) is 0 Å². The van der Waals surface area contributed by atoms with Crippen LogP contribution in [0.2, 0.25) is 0 Å². The number of nitrogens with one attached hydrogen (secondary N) is 1. The van der Waals surface area contributed by atoms with Crippen molar-refractivity contribution >= 4 is 29.2 Å². The van der Waals surface area contributed by atoms with Crippen LogP contribution in [0.3, 0.4) is 0 Å². The van der Waals surface area contributed by atoms with Crippen LogP contribution >= 0.6 is 11.3 Å². The molecule has 1 aromatic carbocycles. The molecule has 4 rings (SSSR count). The Bertz CT molecular complexity index is 881. The zero-order valence-electron chi connectivity index (χ0n) is 18.6. The summed E-state index contributed by atoms with van der Waals surface area (Å²) in [6.45, 7) is 5.35. The Morgan fingerprint density at radius 1 is 0.969 bits per heavy atom. The van der Waals surface area contributed by atoms with Gasteiger partial charge in [0.2, 0.25) is 11.8 Å². The lowest BCUT2D eigenvalue weighted by molar-refractivity contribution is -0.132. The molecule has 2 aliphatic rings. The molecule has 1 aromatic heterocycles. The molecule has 5 nitrogen and oxygen atoms in total. The molecule has 2 fully saturated rings. The summed E-state index contributed by atoms with van der Waals surface area (Å²) < 4.78 is 0. The number of hydrogen-bond acceptors (Lipinski definition) is 4. The second kappa shape index (κ2) is 11.4. The normalized spacial score (nSPS) is 18.8. The minimum Gasteiger partial charge on any atom is -0.356 e. The molecule has 0 unspecified atom stereocenters. The van der Waals surface area contributed by atoms with E-state index in [9.17, 15) is 9.59 Å². The molecule has 170 valence electrons. The largest absolute Gasteiger partial charge is 0.356 e. The van der Waals surface area contributed by atoms with Crippen LogP contribution in [0.15, 0.2) is 53.9 Å². The summed E-state index contributed by atoms with van der Waals surface area (Å²) in [4.78, 5) is 30.9. The first-order valence-electron chi connectivity index (χ1n) is 11.7. The summed E-state index contributed by atoms with van der Waals surface area (Å²) >= 11 is 1.82. The first-order valence-corrected chi connectivity index (χ1v) is 12.6. The molecule has 0 aliphatic carbocycles. The van der Waals surface area contributed by atoms with Crippen LogP contribution in [0.25, 0.3) is 6.08 Å². The van der Waals surface area contributed by atoms with Crippen molar-refractivity contribution in [1.82, 2.24) is 15.1 Å². The average molecular weight is 452 g/mol. The van der Waals surface area contributed by atoms with E-state index in [1.807, 2.05) is 52.6 Å². The lowest BCUT2D eigenvalue weighted by Gasteiger charge is -2.33. The van der Waals surface area contributed by atoms with E-state index in [0.29, 0.717) is 19.0 Å². The minimum atomic E-state index is 0.0241. The van der Waals surface area contributed by atoms with Gasteiger partial charge in [-0.25, -0.2) is 0 Å². The van der Waals surface area contributed by atoms with Gasteiger partial charge in [0, 0.05) is 43.1 Å².